The molecule has 0 radical (unpaired) electrons. The molecular formula is C34H37FIN11O. The highest BCUT2D eigenvalue weighted by Crippen LogP contribution is 2.68. The van der Waals surface area contributed by atoms with Crippen LogP contribution >= 0.6 is 22.6 Å². The highest BCUT2D eigenvalue weighted by Gasteiger charge is 2.69. The molecule has 2 unspecified atom stereocenters. The second-order valence-corrected chi connectivity index (χ2v) is 14.6. The Labute approximate surface area is 292 Å². The van der Waals surface area contributed by atoms with E-state index in [9.17, 15) is 14.4 Å². The number of alkyl halides is 2. The molecule has 2 saturated heterocycles. The third-order valence-corrected chi connectivity index (χ3v) is 11.1. The third-order valence-electron chi connectivity index (χ3n) is 9.61. The molecule has 2 N–H and O–H groups in total. The van der Waals surface area contributed by atoms with Crippen molar-refractivity contribution >= 4 is 46.2 Å². The van der Waals surface area contributed by atoms with Crippen molar-refractivity contribution in [2.24, 2.45) is 12.5 Å². The van der Waals surface area contributed by atoms with Gasteiger partial charge in [0.1, 0.15) is 17.5 Å². The number of hydrazine groups is 1. The van der Waals surface area contributed by atoms with E-state index in [1.165, 1.54) is 6.20 Å². The third kappa shape index (κ3) is 6.66. The largest absolute Gasteiger partial charge is 0.355 e. The number of anilines is 3. The molecular weight excluding hydrogens is 724 g/mol. The maximum atomic E-state index is 14.7. The number of hydrogen-bond acceptors (Lipinski definition) is 9. The Balaban J connectivity index is 1.06. The van der Waals surface area contributed by atoms with Gasteiger partial charge in [0.05, 0.1) is 12.4 Å². The molecule has 1 spiro atoms. The lowest BCUT2D eigenvalue weighted by molar-refractivity contribution is 0.242. The summed E-state index contributed by atoms with van der Waals surface area (Å²) < 4.78 is 15.3. The average Bonchev–Trinajstić information content (AvgIpc) is 3.33. The van der Waals surface area contributed by atoms with Gasteiger partial charge >= 0.3 is 6.03 Å². The van der Waals surface area contributed by atoms with E-state index in [2.05, 4.69) is 31.9 Å². The first-order chi connectivity index (χ1) is 23.2. The van der Waals surface area contributed by atoms with Crippen LogP contribution in [0.4, 0.5) is 26.8 Å². The molecule has 0 bridgehead atoms. The van der Waals surface area contributed by atoms with Crippen LogP contribution in [0.1, 0.15) is 43.2 Å². The number of aryl methyl sites for hydroxylation is 1. The zero-order chi connectivity index (χ0) is 33.3. The van der Waals surface area contributed by atoms with Crippen LogP contribution in [0.25, 0.3) is 11.1 Å². The van der Waals surface area contributed by atoms with Gasteiger partial charge in [0, 0.05) is 81.2 Å². The molecule has 2 aliphatic heterocycles. The van der Waals surface area contributed by atoms with Crippen molar-refractivity contribution in [3.8, 4) is 17.2 Å². The molecule has 248 valence electrons. The van der Waals surface area contributed by atoms with E-state index >= 15 is 0 Å². The van der Waals surface area contributed by atoms with Gasteiger partial charge in [-0.15, -0.1) is 0 Å². The highest BCUT2D eigenvalue weighted by molar-refractivity contribution is 14.1. The molecule has 3 aliphatic rings. The topological polar surface area (TPSA) is 131 Å². The smallest absolute Gasteiger partial charge is 0.323 e. The molecule has 7 rings (SSSR count). The summed E-state index contributed by atoms with van der Waals surface area (Å²) >= 11 is 1.92. The monoisotopic (exact) mass is 761 g/mol. The summed E-state index contributed by atoms with van der Waals surface area (Å²) in [5.74, 6) is 1.52. The van der Waals surface area contributed by atoms with E-state index in [-0.39, 0.29) is 17.5 Å². The van der Waals surface area contributed by atoms with Gasteiger partial charge in [-0.1, -0.05) is 30.3 Å². The number of nitriles is 1. The predicted octanol–water partition coefficient (Wildman–Crippen LogP) is 5.44. The molecule has 5 heterocycles. The Bertz CT molecular complexity index is 1810. The fourth-order valence-corrected chi connectivity index (χ4v) is 7.97. The van der Waals surface area contributed by atoms with Crippen LogP contribution in [0.15, 0.2) is 67.3 Å². The molecule has 4 aromatic rings. The summed E-state index contributed by atoms with van der Waals surface area (Å²) in [6.07, 6.45) is 10.6. The Morgan fingerprint density at radius 2 is 1.94 bits per heavy atom. The van der Waals surface area contributed by atoms with Gasteiger partial charge in [-0.2, -0.15) is 15.3 Å². The lowest BCUT2D eigenvalue weighted by Gasteiger charge is -2.31. The molecule has 1 saturated carbocycles. The molecule has 2 amide bonds. The number of hydrogen-bond donors (Lipinski definition) is 2. The lowest BCUT2D eigenvalue weighted by atomic mass is 10.1. The normalized spacial score (nSPS) is 23.8. The number of carbonyl (C=O) groups excluding carboxylic acids is 1. The number of amides is 2. The van der Waals surface area contributed by atoms with Crippen molar-refractivity contribution in [3.05, 3.63) is 78.4 Å². The maximum Gasteiger partial charge on any atom is 0.323 e. The minimum atomic E-state index is -1.19. The summed E-state index contributed by atoms with van der Waals surface area (Å²) in [5, 5.41) is 19.2. The van der Waals surface area contributed by atoms with Gasteiger partial charge in [-0.05, 0) is 66.0 Å². The van der Waals surface area contributed by atoms with E-state index in [4.69, 9.17) is 9.97 Å². The summed E-state index contributed by atoms with van der Waals surface area (Å²) in [6, 6.07) is 15.6. The quantitative estimate of drug-likeness (QED) is 0.178. The van der Waals surface area contributed by atoms with Gasteiger partial charge in [-0.25, -0.2) is 24.2 Å². The van der Waals surface area contributed by atoms with E-state index < -0.39 is 3.68 Å². The summed E-state index contributed by atoms with van der Waals surface area (Å²) in [4.78, 5) is 31.5. The number of pyridine rings is 1. The van der Waals surface area contributed by atoms with Crippen LogP contribution in [0, 0.1) is 16.7 Å². The number of carbonyl (C=O) groups is 1. The average molecular weight is 762 g/mol. The molecule has 12 nitrogen and oxygen atoms in total. The van der Waals surface area contributed by atoms with Crippen LogP contribution in [0.3, 0.4) is 0 Å². The summed E-state index contributed by atoms with van der Waals surface area (Å²) in [6.45, 7) is 2.96. The van der Waals surface area contributed by atoms with Gasteiger partial charge in [0.2, 0.25) is 5.95 Å². The van der Waals surface area contributed by atoms with Crippen molar-refractivity contribution in [2.75, 3.05) is 41.4 Å². The van der Waals surface area contributed by atoms with Crippen molar-refractivity contribution in [3.63, 3.8) is 0 Å². The SMILES string of the molecule is Cn1cc(-c2ccc(N(C(=O)NCc3ccccc3)[C@H]3CCCN(Nc4ncc(C#N)c(N5CCC6(C5)CC6(F)I)n4)CC3)nc2)cn1. The molecule has 3 aromatic heterocycles. The van der Waals surface area contributed by atoms with Gasteiger partial charge in [0.25, 0.3) is 0 Å². The predicted molar refractivity (Wildman–Crippen MR) is 189 cm³/mol. The van der Waals surface area contributed by atoms with Crippen LogP contribution in [0.5, 0.6) is 0 Å². The van der Waals surface area contributed by atoms with E-state index in [0.717, 1.165) is 36.0 Å². The fourth-order valence-electron chi connectivity index (χ4n) is 6.80. The Morgan fingerprint density at radius 3 is 2.62 bits per heavy atom. The first kappa shape index (κ1) is 32.2. The van der Waals surface area contributed by atoms with Gasteiger partial charge < -0.3 is 10.2 Å². The van der Waals surface area contributed by atoms with Crippen LogP contribution < -0.4 is 20.5 Å². The van der Waals surface area contributed by atoms with E-state index in [1.807, 2.05) is 83.2 Å². The molecule has 1 aromatic carbocycles. The number of urea groups is 1. The molecule has 3 atom stereocenters. The second-order valence-electron chi connectivity index (χ2n) is 12.9. The molecule has 3 fully saturated rings. The Kier molecular flexibility index (Phi) is 8.90. The molecule has 1 aliphatic carbocycles. The number of nitrogens with one attached hydrogen (secondary N) is 2. The van der Waals surface area contributed by atoms with Crippen LogP contribution in [-0.4, -0.2) is 71.7 Å². The van der Waals surface area contributed by atoms with Crippen LogP contribution in [-0.2, 0) is 13.6 Å². The lowest BCUT2D eigenvalue weighted by Crippen LogP contribution is -2.47. The summed E-state index contributed by atoms with van der Waals surface area (Å²) in [7, 11) is 1.87. The zero-order valence-electron chi connectivity index (χ0n) is 26.7. The van der Waals surface area contributed by atoms with E-state index in [1.54, 1.807) is 22.0 Å². The standard InChI is InChI=1S/C34H37FIN11O/c1-44-21-27(20-41-44)25-9-10-29(38-18-25)47(32(48)40-17-24-6-3-2-4-7-24)28-8-5-13-46(14-11-28)43-31-39-19-26(16-37)30(42-31)45-15-12-33(23-45)22-34(33,35)36/h2-4,6-7,9-10,18-21,28H,5,8,11-15,17,22-23H2,1H3,(H,40,48)(H,39,42,43)/t28-,33?,34?/m0/s1. The van der Waals surface area contributed by atoms with Gasteiger partial charge in [-0.3, -0.25) is 15.0 Å². The van der Waals surface area contributed by atoms with Crippen molar-refractivity contribution in [1.82, 2.24) is 35.1 Å². The molecule has 14 heteroatoms. The first-order valence-corrected chi connectivity index (χ1v) is 17.3. The minimum Gasteiger partial charge on any atom is -0.355 e. The Hall–Kier alpha value is -4.36. The van der Waals surface area contributed by atoms with Crippen molar-refractivity contribution in [1.29, 1.82) is 5.26 Å². The van der Waals surface area contributed by atoms with E-state index in [0.29, 0.717) is 68.7 Å². The summed E-state index contributed by atoms with van der Waals surface area (Å²) in [5.41, 5.74) is 6.27. The minimum absolute atomic E-state index is 0.102. The fraction of sp³-hybridized carbons (Fsp3) is 0.412. The maximum absolute atomic E-state index is 14.7. The Morgan fingerprint density at radius 1 is 1.10 bits per heavy atom. The number of nitrogens with zero attached hydrogens (tertiary/aromatic N) is 9. The first-order valence-electron chi connectivity index (χ1n) is 16.2. The highest BCUT2D eigenvalue weighted by atomic mass is 127. The van der Waals surface area contributed by atoms with Crippen LogP contribution in [0.2, 0.25) is 0 Å². The molecule has 48 heavy (non-hydrogen) atoms. The van der Waals surface area contributed by atoms with Crippen molar-refractivity contribution in [2.45, 2.75) is 48.4 Å². The number of benzene rings is 1. The zero-order valence-corrected chi connectivity index (χ0v) is 28.8. The second kappa shape index (κ2) is 13.3. The van der Waals surface area contributed by atoms with Crippen molar-refractivity contribution < 1.29 is 9.18 Å². The van der Waals surface area contributed by atoms with Gasteiger partial charge in [0.15, 0.2) is 9.49 Å². The number of aromatic nitrogens is 5. The number of rotatable bonds is 8. The number of halogens is 2.